The lowest BCUT2D eigenvalue weighted by molar-refractivity contribution is 0.204. The number of aliphatic hydroxyl groups excluding tert-OH is 1. The Bertz CT molecular complexity index is 508. The molecule has 18 heavy (non-hydrogen) atoms. The zero-order valence-corrected chi connectivity index (χ0v) is 10.7. The monoisotopic (exact) mass is 246 g/mol. The summed E-state index contributed by atoms with van der Waals surface area (Å²) in [6.45, 7) is 2.96. The molecule has 2 aromatic rings. The van der Waals surface area contributed by atoms with Crippen molar-refractivity contribution in [1.82, 2.24) is 9.55 Å². The van der Waals surface area contributed by atoms with Crippen LogP contribution in [-0.4, -0.2) is 21.8 Å². The Morgan fingerprint density at radius 2 is 2.28 bits per heavy atom. The average molecular weight is 246 g/mol. The van der Waals surface area contributed by atoms with Crippen LogP contribution in [0.2, 0.25) is 0 Å². The maximum absolute atomic E-state index is 10.4. The summed E-state index contributed by atoms with van der Waals surface area (Å²) in [6.07, 6.45) is 3.90. The molecule has 0 saturated heterocycles. The van der Waals surface area contributed by atoms with Gasteiger partial charge in [0.25, 0.3) is 0 Å². The Balaban J connectivity index is 2.29. The van der Waals surface area contributed by atoms with Crippen molar-refractivity contribution < 1.29 is 9.84 Å². The number of nitrogens with zero attached hydrogens (tertiary/aromatic N) is 2. The SMILES string of the molecule is CCCn1ccnc1C(O)c1cccc(OC)c1. The summed E-state index contributed by atoms with van der Waals surface area (Å²) in [6, 6.07) is 7.42. The lowest BCUT2D eigenvalue weighted by atomic mass is 10.1. The fourth-order valence-electron chi connectivity index (χ4n) is 1.96. The van der Waals surface area contributed by atoms with Gasteiger partial charge in [-0.2, -0.15) is 0 Å². The second kappa shape index (κ2) is 5.69. The molecule has 0 amide bonds. The minimum absolute atomic E-state index is 0.671. The molecule has 4 nitrogen and oxygen atoms in total. The van der Waals surface area contributed by atoms with Gasteiger partial charge in [0.15, 0.2) is 0 Å². The molecule has 1 unspecified atom stereocenters. The first-order valence-corrected chi connectivity index (χ1v) is 6.09. The minimum Gasteiger partial charge on any atom is -0.497 e. The van der Waals surface area contributed by atoms with E-state index in [2.05, 4.69) is 11.9 Å². The van der Waals surface area contributed by atoms with Crippen molar-refractivity contribution in [2.45, 2.75) is 26.0 Å². The van der Waals surface area contributed by atoms with Crippen LogP contribution >= 0.6 is 0 Å². The maximum atomic E-state index is 10.4. The van der Waals surface area contributed by atoms with Crippen molar-refractivity contribution in [3.05, 3.63) is 48.0 Å². The standard InChI is InChI=1S/C14H18N2O2/c1-3-8-16-9-7-15-14(16)13(17)11-5-4-6-12(10-11)18-2/h4-7,9-10,13,17H,3,8H2,1-2H3. The van der Waals surface area contributed by atoms with E-state index in [0.717, 1.165) is 24.3 Å². The van der Waals surface area contributed by atoms with Gasteiger partial charge in [-0.05, 0) is 24.1 Å². The summed E-state index contributed by atoms with van der Waals surface area (Å²) in [5.41, 5.74) is 0.790. The fourth-order valence-corrected chi connectivity index (χ4v) is 1.96. The summed E-state index contributed by atoms with van der Waals surface area (Å²) in [7, 11) is 1.61. The van der Waals surface area contributed by atoms with Gasteiger partial charge in [0.05, 0.1) is 7.11 Å². The molecule has 0 radical (unpaired) electrons. The van der Waals surface area contributed by atoms with Crippen molar-refractivity contribution in [3.63, 3.8) is 0 Å². The van der Waals surface area contributed by atoms with Gasteiger partial charge in [-0.1, -0.05) is 19.1 Å². The van der Waals surface area contributed by atoms with E-state index in [9.17, 15) is 5.11 Å². The molecule has 0 bridgehead atoms. The second-order valence-corrected chi connectivity index (χ2v) is 4.16. The third-order valence-corrected chi connectivity index (χ3v) is 2.87. The molecule has 0 aliphatic heterocycles. The molecule has 0 spiro atoms. The van der Waals surface area contributed by atoms with Crippen LogP contribution in [0.25, 0.3) is 0 Å². The molecule has 96 valence electrons. The number of ether oxygens (including phenoxy) is 1. The van der Waals surface area contributed by atoms with Crippen LogP contribution in [0, 0.1) is 0 Å². The predicted octanol–water partition coefficient (Wildman–Crippen LogP) is 2.38. The van der Waals surface area contributed by atoms with Gasteiger partial charge in [-0.25, -0.2) is 4.98 Å². The van der Waals surface area contributed by atoms with Crippen molar-refractivity contribution in [1.29, 1.82) is 0 Å². The van der Waals surface area contributed by atoms with Gasteiger partial charge in [0.1, 0.15) is 17.7 Å². The highest BCUT2D eigenvalue weighted by molar-refractivity contribution is 5.32. The molecule has 4 heteroatoms. The number of aliphatic hydroxyl groups is 1. The summed E-state index contributed by atoms with van der Waals surface area (Å²) < 4.78 is 7.14. The topological polar surface area (TPSA) is 47.3 Å². The Morgan fingerprint density at radius 1 is 1.44 bits per heavy atom. The molecule has 1 aromatic carbocycles. The van der Waals surface area contributed by atoms with Crippen LogP contribution in [-0.2, 0) is 6.54 Å². The van der Waals surface area contributed by atoms with E-state index >= 15 is 0 Å². The zero-order valence-electron chi connectivity index (χ0n) is 10.7. The summed E-state index contributed by atoms with van der Waals surface area (Å²) >= 11 is 0. The number of hydrogen-bond donors (Lipinski definition) is 1. The molecule has 1 N–H and O–H groups in total. The minimum atomic E-state index is -0.721. The highest BCUT2D eigenvalue weighted by atomic mass is 16.5. The quantitative estimate of drug-likeness (QED) is 0.881. The predicted molar refractivity (Wildman–Crippen MR) is 69.6 cm³/mol. The van der Waals surface area contributed by atoms with Gasteiger partial charge in [0, 0.05) is 18.9 Å². The van der Waals surface area contributed by atoms with Crippen LogP contribution in [0.15, 0.2) is 36.7 Å². The number of methoxy groups -OCH3 is 1. The lowest BCUT2D eigenvalue weighted by Gasteiger charge is -2.13. The van der Waals surface area contributed by atoms with Crippen molar-refractivity contribution >= 4 is 0 Å². The highest BCUT2D eigenvalue weighted by Gasteiger charge is 2.16. The largest absolute Gasteiger partial charge is 0.497 e. The summed E-state index contributed by atoms with van der Waals surface area (Å²) in [5.74, 6) is 1.41. The summed E-state index contributed by atoms with van der Waals surface area (Å²) in [5, 5.41) is 10.4. The molecular formula is C14H18N2O2. The van der Waals surface area contributed by atoms with E-state index in [-0.39, 0.29) is 0 Å². The Kier molecular flexibility index (Phi) is 3.99. The number of imidazole rings is 1. The Morgan fingerprint density at radius 3 is 3.00 bits per heavy atom. The number of benzene rings is 1. The van der Waals surface area contributed by atoms with E-state index in [1.54, 1.807) is 13.3 Å². The Hall–Kier alpha value is -1.81. The van der Waals surface area contributed by atoms with Gasteiger partial charge < -0.3 is 14.4 Å². The lowest BCUT2D eigenvalue weighted by Crippen LogP contribution is -2.09. The van der Waals surface area contributed by atoms with E-state index in [0.29, 0.717) is 5.82 Å². The molecule has 2 rings (SSSR count). The molecule has 0 aliphatic carbocycles. The smallest absolute Gasteiger partial charge is 0.142 e. The molecule has 1 atom stereocenters. The Labute approximate surface area is 107 Å². The highest BCUT2D eigenvalue weighted by Crippen LogP contribution is 2.24. The van der Waals surface area contributed by atoms with Gasteiger partial charge in [-0.15, -0.1) is 0 Å². The van der Waals surface area contributed by atoms with Crippen LogP contribution in [0.3, 0.4) is 0 Å². The fraction of sp³-hybridized carbons (Fsp3) is 0.357. The van der Waals surface area contributed by atoms with Gasteiger partial charge in [-0.3, -0.25) is 0 Å². The molecule has 0 aliphatic rings. The van der Waals surface area contributed by atoms with E-state index in [1.807, 2.05) is 35.0 Å². The normalized spacial score (nSPS) is 12.4. The number of aryl methyl sites for hydroxylation is 1. The van der Waals surface area contributed by atoms with E-state index < -0.39 is 6.10 Å². The maximum Gasteiger partial charge on any atom is 0.142 e. The van der Waals surface area contributed by atoms with Crippen LogP contribution in [0.4, 0.5) is 0 Å². The molecule has 1 heterocycles. The van der Waals surface area contributed by atoms with Crippen molar-refractivity contribution in [2.75, 3.05) is 7.11 Å². The van der Waals surface area contributed by atoms with E-state index in [4.69, 9.17) is 4.74 Å². The third-order valence-electron chi connectivity index (χ3n) is 2.87. The van der Waals surface area contributed by atoms with Crippen LogP contribution < -0.4 is 4.74 Å². The van der Waals surface area contributed by atoms with Crippen LogP contribution in [0.5, 0.6) is 5.75 Å². The molecule has 1 aromatic heterocycles. The summed E-state index contributed by atoms with van der Waals surface area (Å²) in [4.78, 5) is 4.24. The first kappa shape index (κ1) is 12.6. The van der Waals surface area contributed by atoms with Crippen molar-refractivity contribution in [2.24, 2.45) is 0 Å². The van der Waals surface area contributed by atoms with Gasteiger partial charge in [0.2, 0.25) is 0 Å². The van der Waals surface area contributed by atoms with Crippen LogP contribution in [0.1, 0.15) is 30.8 Å². The van der Waals surface area contributed by atoms with Crippen molar-refractivity contribution in [3.8, 4) is 5.75 Å². The first-order chi connectivity index (χ1) is 8.76. The van der Waals surface area contributed by atoms with E-state index in [1.165, 1.54) is 0 Å². The second-order valence-electron chi connectivity index (χ2n) is 4.16. The molecule has 0 fully saturated rings. The molecular weight excluding hydrogens is 228 g/mol. The first-order valence-electron chi connectivity index (χ1n) is 6.09. The number of aromatic nitrogens is 2. The third kappa shape index (κ3) is 2.54. The number of rotatable bonds is 5. The number of hydrogen-bond acceptors (Lipinski definition) is 3. The zero-order chi connectivity index (χ0) is 13.0. The molecule has 0 saturated carbocycles. The van der Waals surface area contributed by atoms with Gasteiger partial charge >= 0.3 is 0 Å². The average Bonchev–Trinajstić information content (AvgIpc) is 2.86.